The Hall–Kier alpha value is -1.82. The molecule has 0 radical (unpaired) electrons. The number of carbonyl (C=O) groups is 1. The molecule has 0 aliphatic carbocycles. The van der Waals surface area contributed by atoms with E-state index in [1.165, 1.54) is 0 Å². The number of halogens is 1. The van der Waals surface area contributed by atoms with Crippen LogP contribution in [0, 0.1) is 6.92 Å². The smallest absolute Gasteiger partial charge is 0.340 e. The summed E-state index contributed by atoms with van der Waals surface area (Å²) in [5.74, 6) is -0.471. The van der Waals surface area contributed by atoms with Gasteiger partial charge < -0.3 is 9.84 Å². The highest BCUT2D eigenvalue weighted by Crippen LogP contribution is 2.29. The lowest BCUT2D eigenvalue weighted by Gasteiger charge is -2.07. The van der Waals surface area contributed by atoms with Crippen molar-refractivity contribution >= 4 is 21.9 Å². The van der Waals surface area contributed by atoms with E-state index >= 15 is 0 Å². The molecule has 0 atom stereocenters. The fraction of sp³-hybridized carbons (Fsp3) is 0.0909. The van der Waals surface area contributed by atoms with Crippen LogP contribution in [0.5, 0.6) is 11.6 Å². The third-order valence-electron chi connectivity index (χ3n) is 2.09. The third-order valence-corrected chi connectivity index (χ3v) is 2.75. The van der Waals surface area contributed by atoms with Crippen LogP contribution in [0.1, 0.15) is 16.1 Å². The van der Waals surface area contributed by atoms with Crippen LogP contribution in [0.2, 0.25) is 0 Å². The first-order chi connectivity index (χ1) is 8.08. The molecule has 0 fully saturated rings. The molecule has 0 unspecified atom stereocenters. The number of nitrogens with zero attached hydrogens (tertiary/aromatic N) is 1. The predicted molar refractivity (Wildman–Crippen MR) is 64.5 cm³/mol. The Bertz CT molecular complexity index is 566. The highest BCUT2D eigenvalue weighted by atomic mass is 79.9. The zero-order valence-electron chi connectivity index (χ0n) is 8.90. The molecule has 0 saturated carbocycles. The maximum Gasteiger partial charge on any atom is 0.340 e. The van der Waals surface area contributed by atoms with E-state index in [4.69, 9.17) is 9.84 Å². The van der Waals surface area contributed by atoms with Gasteiger partial charge in [0, 0.05) is 16.2 Å². The second kappa shape index (κ2) is 4.58. The Balaban J connectivity index is 2.39. The molecule has 88 valence electrons. The zero-order chi connectivity index (χ0) is 12.4. The van der Waals surface area contributed by atoms with Crippen molar-refractivity contribution in [3.05, 3.63) is 40.0 Å². The number of aromatic carboxylic acids is 1. The lowest BCUT2D eigenvalue weighted by atomic mass is 10.2. The number of carboxylic acids is 1. The maximum absolute atomic E-state index is 11.1. The number of nitrogens with one attached hydrogen (secondary N) is 1. The second-order valence-corrected chi connectivity index (χ2v) is 4.26. The molecule has 0 aliphatic rings. The van der Waals surface area contributed by atoms with Crippen LogP contribution in [-0.2, 0) is 0 Å². The summed E-state index contributed by atoms with van der Waals surface area (Å²) in [6.45, 7) is 1.83. The van der Waals surface area contributed by atoms with Crippen molar-refractivity contribution < 1.29 is 14.6 Å². The number of benzene rings is 1. The van der Waals surface area contributed by atoms with Gasteiger partial charge in [0.2, 0.25) is 5.88 Å². The monoisotopic (exact) mass is 296 g/mol. The molecule has 0 aliphatic heterocycles. The number of rotatable bonds is 3. The van der Waals surface area contributed by atoms with Crippen LogP contribution < -0.4 is 4.74 Å². The minimum atomic E-state index is -1.06. The summed E-state index contributed by atoms with van der Waals surface area (Å²) in [4.78, 5) is 11.1. The molecule has 1 heterocycles. The van der Waals surface area contributed by atoms with Crippen molar-refractivity contribution in [1.82, 2.24) is 10.2 Å². The van der Waals surface area contributed by atoms with Crippen LogP contribution in [0.3, 0.4) is 0 Å². The SMILES string of the molecule is Cc1cc(Oc2cccc(Br)c2C(=O)O)n[nH]1. The Morgan fingerprint density at radius 1 is 1.53 bits per heavy atom. The van der Waals surface area contributed by atoms with E-state index < -0.39 is 5.97 Å². The number of hydrogen-bond donors (Lipinski definition) is 2. The summed E-state index contributed by atoms with van der Waals surface area (Å²) in [6.07, 6.45) is 0. The number of H-pyrrole nitrogens is 1. The molecule has 1 aromatic carbocycles. The van der Waals surface area contributed by atoms with Crippen LogP contribution in [-0.4, -0.2) is 21.3 Å². The van der Waals surface area contributed by atoms with Gasteiger partial charge in [0.1, 0.15) is 11.3 Å². The molecule has 0 saturated heterocycles. The number of ether oxygens (including phenoxy) is 1. The molecule has 0 amide bonds. The lowest BCUT2D eigenvalue weighted by molar-refractivity contribution is 0.0693. The average Bonchev–Trinajstić information content (AvgIpc) is 2.63. The fourth-order valence-corrected chi connectivity index (χ4v) is 1.87. The summed E-state index contributed by atoms with van der Waals surface area (Å²) in [5, 5.41) is 15.7. The Kier molecular flexibility index (Phi) is 3.14. The molecule has 2 rings (SSSR count). The number of aryl methyl sites for hydroxylation is 1. The van der Waals surface area contributed by atoms with Gasteiger partial charge in [0.15, 0.2) is 0 Å². The average molecular weight is 297 g/mol. The summed E-state index contributed by atoms with van der Waals surface area (Å²) < 4.78 is 5.89. The minimum absolute atomic E-state index is 0.0770. The number of carboxylic acid groups (broad SMARTS) is 1. The Labute approximate surface area is 106 Å². The first-order valence-electron chi connectivity index (χ1n) is 4.79. The molecule has 2 aromatic rings. The van der Waals surface area contributed by atoms with E-state index in [-0.39, 0.29) is 11.3 Å². The molecule has 17 heavy (non-hydrogen) atoms. The zero-order valence-corrected chi connectivity index (χ0v) is 10.5. The first kappa shape index (κ1) is 11.7. The summed E-state index contributed by atoms with van der Waals surface area (Å²) in [6, 6.07) is 6.61. The van der Waals surface area contributed by atoms with Gasteiger partial charge in [-0.1, -0.05) is 6.07 Å². The fourth-order valence-electron chi connectivity index (χ4n) is 1.35. The summed E-state index contributed by atoms with van der Waals surface area (Å²) >= 11 is 3.18. The molecule has 0 bridgehead atoms. The van der Waals surface area contributed by atoms with E-state index in [0.717, 1.165) is 5.69 Å². The molecule has 1 aromatic heterocycles. The topological polar surface area (TPSA) is 75.2 Å². The predicted octanol–water partition coefficient (Wildman–Crippen LogP) is 2.97. The van der Waals surface area contributed by atoms with Crippen LogP contribution in [0.25, 0.3) is 0 Å². The van der Waals surface area contributed by atoms with Gasteiger partial charge in [-0.15, -0.1) is 5.10 Å². The van der Waals surface area contributed by atoms with E-state index in [9.17, 15) is 4.79 Å². The van der Waals surface area contributed by atoms with Crippen molar-refractivity contribution in [2.45, 2.75) is 6.92 Å². The van der Waals surface area contributed by atoms with E-state index in [2.05, 4.69) is 26.1 Å². The Morgan fingerprint density at radius 3 is 2.88 bits per heavy atom. The number of aromatic amines is 1. The molecule has 0 spiro atoms. The molecule has 6 heteroatoms. The largest absolute Gasteiger partial charge is 0.478 e. The molecule has 5 nitrogen and oxygen atoms in total. The van der Waals surface area contributed by atoms with Crippen molar-refractivity contribution in [2.75, 3.05) is 0 Å². The number of aromatic nitrogens is 2. The highest BCUT2D eigenvalue weighted by molar-refractivity contribution is 9.10. The van der Waals surface area contributed by atoms with Crippen molar-refractivity contribution in [2.24, 2.45) is 0 Å². The van der Waals surface area contributed by atoms with Gasteiger partial charge in [-0.05, 0) is 35.0 Å². The van der Waals surface area contributed by atoms with Gasteiger partial charge in [-0.3, -0.25) is 5.10 Å². The van der Waals surface area contributed by atoms with Gasteiger partial charge in [0.05, 0.1) is 0 Å². The van der Waals surface area contributed by atoms with Gasteiger partial charge in [-0.25, -0.2) is 4.79 Å². The molecular weight excluding hydrogens is 288 g/mol. The quantitative estimate of drug-likeness (QED) is 0.913. The summed E-state index contributed by atoms with van der Waals surface area (Å²) in [5.41, 5.74) is 0.917. The van der Waals surface area contributed by atoms with Gasteiger partial charge >= 0.3 is 5.97 Å². The molecule has 2 N–H and O–H groups in total. The summed E-state index contributed by atoms with van der Waals surface area (Å²) in [7, 11) is 0. The third kappa shape index (κ3) is 2.47. The van der Waals surface area contributed by atoms with Crippen LogP contribution in [0.15, 0.2) is 28.7 Å². The minimum Gasteiger partial charge on any atom is -0.478 e. The van der Waals surface area contributed by atoms with Gasteiger partial charge in [0.25, 0.3) is 0 Å². The lowest BCUT2D eigenvalue weighted by Crippen LogP contribution is -2.01. The van der Waals surface area contributed by atoms with Crippen molar-refractivity contribution in [1.29, 1.82) is 0 Å². The van der Waals surface area contributed by atoms with Gasteiger partial charge in [-0.2, -0.15) is 0 Å². The van der Waals surface area contributed by atoms with E-state index in [1.54, 1.807) is 24.3 Å². The normalized spacial score (nSPS) is 10.2. The van der Waals surface area contributed by atoms with Crippen molar-refractivity contribution in [3.63, 3.8) is 0 Å². The highest BCUT2D eigenvalue weighted by Gasteiger charge is 2.16. The number of hydrogen-bond acceptors (Lipinski definition) is 3. The maximum atomic E-state index is 11.1. The van der Waals surface area contributed by atoms with E-state index in [0.29, 0.717) is 10.4 Å². The first-order valence-corrected chi connectivity index (χ1v) is 5.59. The standard InChI is InChI=1S/C11H9BrN2O3/c1-6-5-9(14-13-6)17-8-4-2-3-7(12)10(8)11(15)16/h2-5H,1H3,(H,13,14)(H,15,16). The van der Waals surface area contributed by atoms with Crippen molar-refractivity contribution in [3.8, 4) is 11.6 Å². The van der Waals surface area contributed by atoms with Crippen LogP contribution in [0.4, 0.5) is 0 Å². The van der Waals surface area contributed by atoms with Crippen LogP contribution >= 0.6 is 15.9 Å². The molecular formula is C11H9BrN2O3. The van der Waals surface area contributed by atoms with E-state index in [1.807, 2.05) is 6.92 Å². The second-order valence-electron chi connectivity index (χ2n) is 3.41. The Morgan fingerprint density at radius 2 is 2.29 bits per heavy atom.